The number of nitrogens with zero attached hydrogens (tertiary/aromatic N) is 2. The molecule has 0 saturated carbocycles. The molecular formula is C20H38N6O2. The largest absolute Gasteiger partial charge is 0.338 e. The molecule has 0 bridgehead atoms. The lowest BCUT2D eigenvalue weighted by atomic mass is 10.3. The van der Waals surface area contributed by atoms with E-state index in [2.05, 4.69) is 31.1 Å². The Bertz CT molecular complexity index is 523. The van der Waals surface area contributed by atoms with Crippen molar-refractivity contribution in [2.75, 3.05) is 66.2 Å². The number of rotatable bonds is 10. The minimum absolute atomic E-state index is 0.0729. The number of benzene rings is 1. The van der Waals surface area contributed by atoms with Gasteiger partial charge >= 0.3 is 12.1 Å². The average molecular weight is 395 g/mol. The molecule has 1 aromatic rings. The molecule has 0 spiro atoms. The van der Waals surface area contributed by atoms with Gasteiger partial charge in [0.1, 0.15) is 0 Å². The molecule has 8 nitrogen and oxygen atoms in total. The summed E-state index contributed by atoms with van der Waals surface area (Å²) in [5, 5.41) is 11.0. The fourth-order valence-electron chi connectivity index (χ4n) is 2.11. The number of anilines is 1. The summed E-state index contributed by atoms with van der Waals surface area (Å²) in [5.74, 6) is 0. The second-order valence-corrected chi connectivity index (χ2v) is 6.85. The second kappa shape index (κ2) is 16.8. The van der Waals surface area contributed by atoms with Crippen LogP contribution in [0.15, 0.2) is 30.3 Å². The first-order chi connectivity index (χ1) is 13.3. The van der Waals surface area contributed by atoms with Crippen LogP contribution in [0.3, 0.4) is 0 Å². The number of hydrogen-bond donors (Lipinski definition) is 4. The molecule has 0 fully saturated rings. The molecule has 160 valence electrons. The van der Waals surface area contributed by atoms with E-state index in [-0.39, 0.29) is 12.1 Å². The van der Waals surface area contributed by atoms with Crippen LogP contribution in [0.4, 0.5) is 15.3 Å². The third kappa shape index (κ3) is 17.1. The van der Waals surface area contributed by atoms with E-state index in [0.717, 1.165) is 38.2 Å². The van der Waals surface area contributed by atoms with Crippen molar-refractivity contribution >= 4 is 17.7 Å². The second-order valence-electron chi connectivity index (χ2n) is 6.85. The van der Waals surface area contributed by atoms with E-state index in [1.54, 1.807) is 0 Å². The minimum atomic E-state index is -0.148. The van der Waals surface area contributed by atoms with E-state index in [0.29, 0.717) is 13.1 Å². The van der Waals surface area contributed by atoms with Crippen molar-refractivity contribution in [3.05, 3.63) is 30.3 Å². The van der Waals surface area contributed by atoms with Crippen LogP contribution in [0.25, 0.3) is 0 Å². The van der Waals surface area contributed by atoms with Gasteiger partial charge in [0, 0.05) is 25.3 Å². The molecule has 4 N–H and O–H groups in total. The quantitative estimate of drug-likeness (QED) is 0.457. The van der Waals surface area contributed by atoms with E-state index in [4.69, 9.17) is 0 Å². The van der Waals surface area contributed by atoms with Crippen LogP contribution >= 0.6 is 0 Å². The Labute approximate surface area is 170 Å². The van der Waals surface area contributed by atoms with Crippen molar-refractivity contribution in [1.82, 2.24) is 25.8 Å². The standard InChI is InChI=1S/C12H19N3O.C8H19N3O/c1-15(2)10-6-9-13-12(16)14-11-7-4-3-5-8-11;1-4-9-8(12)10-6-5-7-11(2)3/h3-5,7-8H,6,9-10H2,1-2H3,(H2,13,14,16);4-7H2,1-3H3,(H2,9,10,12). The Morgan fingerprint density at radius 1 is 0.786 bits per heavy atom. The Hall–Kier alpha value is -2.32. The van der Waals surface area contributed by atoms with Crippen molar-refractivity contribution in [3.63, 3.8) is 0 Å². The summed E-state index contributed by atoms with van der Waals surface area (Å²) < 4.78 is 0. The fourth-order valence-corrected chi connectivity index (χ4v) is 2.11. The predicted molar refractivity (Wildman–Crippen MR) is 117 cm³/mol. The first-order valence-electron chi connectivity index (χ1n) is 9.76. The van der Waals surface area contributed by atoms with Gasteiger partial charge in [-0.3, -0.25) is 0 Å². The molecule has 1 rings (SSSR count). The normalized spacial score (nSPS) is 10.1. The Kier molecular flexibility index (Phi) is 15.4. The molecule has 8 heteroatoms. The van der Waals surface area contributed by atoms with Gasteiger partial charge in [0.15, 0.2) is 0 Å². The number of para-hydroxylation sites is 1. The SMILES string of the molecule is CCNC(=O)NCCCN(C)C.CN(C)CCCNC(=O)Nc1ccccc1. The highest BCUT2D eigenvalue weighted by Crippen LogP contribution is 2.03. The Morgan fingerprint density at radius 2 is 1.29 bits per heavy atom. The van der Waals surface area contributed by atoms with Gasteiger partial charge in [-0.05, 0) is 73.2 Å². The molecule has 0 aromatic heterocycles. The molecule has 0 heterocycles. The predicted octanol–water partition coefficient (Wildman–Crippen LogP) is 2.02. The molecule has 0 radical (unpaired) electrons. The topological polar surface area (TPSA) is 88.7 Å². The van der Waals surface area contributed by atoms with E-state index >= 15 is 0 Å². The van der Waals surface area contributed by atoms with Crippen LogP contribution in [-0.2, 0) is 0 Å². The molecule has 28 heavy (non-hydrogen) atoms. The van der Waals surface area contributed by atoms with Crippen LogP contribution in [0, 0.1) is 0 Å². The molecule has 0 atom stereocenters. The lowest BCUT2D eigenvalue weighted by molar-refractivity contribution is 0.240. The summed E-state index contributed by atoms with van der Waals surface area (Å²) in [5.41, 5.74) is 0.813. The van der Waals surface area contributed by atoms with Crippen LogP contribution in [-0.4, -0.2) is 82.8 Å². The van der Waals surface area contributed by atoms with Crippen LogP contribution < -0.4 is 21.3 Å². The van der Waals surface area contributed by atoms with Crippen molar-refractivity contribution < 1.29 is 9.59 Å². The number of nitrogens with one attached hydrogen (secondary N) is 4. The molecule has 0 unspecified atom stereocenters. The molecule has 4 amide bonds. The zero-order valence-electron chi connectivity index (χ0n) is 18.0. The highest BCUT2D eigenvalue weighted by Gasteiger charge is 1.99. The van der Waals surface area contributed by atoms with Gasteiger partial charge in [0.05, 0.1) is 0 Å². The first kappa shape index (κ1) is 25.7. The molecule has 1 aromatic carbocycles. The number of carbonyl (C=O) groups is 2. The summed E-state index contributed by atoms with van der Waals surface area (Å²) in [4.78, 5) is 26.5. The summed E-state index contributed by atoms with van der Waals surface area (Å²) in [6.07, 6.45) is 1.94. The lowest BCUT2D eigenvalue weighted by Gasteiger charge is -2.10. The van der Waals surface area contributed by atoms with Crippen molar-refractivity contribution in [1.29, 1.82) is 0 Å². The summed E-state index contributed by atoms with van der Waals surface area (Å²) in [6.45, 7) is 6.00. The van der Waals surface area contributed by atoms with Crippen molar-refractivity contribution in [2.24, 2.45) is 0 Å². The van der Waals surface area contributed by atoms with Crippen LogP contribution in [0.1, 0.15) is 19.8 Å². The number of hydrogen-bond acceptors (Lipinski definition) is 4. The summed E-state index contributed by atoms with van der Waals surface area (Å²) in [7, 11) is 8.08. The zero-order valence-corrected chi connectivity index (χ0v) is 18.0. The number of carbonyl (C=O) groups excluding carboxylic acids is 2. The maximum Gasteiger partial charge on any atom is 0.319 e. The van der Waals surface area contributed by atoms with Gasteiger partial charge in [-0.1, -0.05) is 18.2 Å². The van der Waals surface area contributed by atoms with Gasteiger partial charge < -0.3 is 31.1 Å². The zero-order chi connectivity index (χ0) is 21.2. The first-order valence-corrected chi connectivity index (χ1v) is 9.76. The molecular weight excluding hydrogens is 356 g/mol. The van der Waals surface area contributed by atoms with Gasteiger partial charge in [0.2, 0.25) is 0 Å². The maximum atomic E-state index is 11.4. The minimum Gasteiger partial charge on any atom is -0.338 e. The number of amides is 4. The van der Waals surface area contributed by atoms with Crippen molar-refractivity contribution in [2.45, 2.75) is 19.8 Å². The van der Waals surface area contributed by atoms with E-state index in [1.807, 2.05) is 65.4 Å². The van der Waals surface area contributed by atoms with E-state index in [1.165, 1.54) is 0 Å². The average Bonchev–Trinajstić information content (AvgIpc) is 2.64. The summed E-state index contributed by atoms with van der Waals surface area (Å²) >= 11 is 0. The Morgan fingerprint density at radius 3 is 1.75 bits per heavy atom. The maximum absolute atomic E-state index is 11.4. The monoisotopic (exact) mass is 394 g/mol. The molecule has 0 saturated heterocycles. The third-order valence-corrected chi connectivity index (χ3v) is 3.50. The van der Waals surface area contributed by atoms with E-state index in [9.17, 15) is 9.59 Å². The van der Waals surface area contributed by atoms with Gasteiger partial charge in [-0.15, -0.1) is 0 Å². The lowest BCUT2D eigenvalue weighted by Crippen LogP contribution is -2.36. The molecule has 0 aliphatic heterocycles. The van der Waals surface area contributed by atoms with Crippen LogP contribution in [0.2, 0.25) is 0 Å². The smallest absolute Gasteiger partial charge is 0.319 e. The molecule has 0 aliphatic carbocycles. The van der Waals surface area contributed by atoms with Crippen LogP contribution in [0.5, 0.6) is 0 Å². The van der Waals surface area contributed by atoms with Gasteiger partial charge in [-0.25, -0.2) is 9.59 Å². The fraction of sp³-hybridized carbons (Fsp3) is 0.600. The van der Waals surface area contributed by atoms with Crippen molar-refractivity contribution in [3.8, 4) is 0 Å². The van der Waals surface area contributed by atoms with Gasteiger partial charge in [0.25, 0.3) is 0 Å². The Balaban J connectivity index is 0.000000546. The molecule has 0 aliphatic rings. The number of urea groups is 2. The highest BCUT2D eigenvalue weighted by atomic mass is 16.2. The van der Waals surface area contributed by atoms with E-state index < -0.39 is 0 Å². The van der Waals surface area contributed by atoms with Gasteiger partial charge in [-0.2, -0.15) is 0 Å². The third-order valence-electron chi connectivity index (χ3n) is 3.50. The summed E-state index contributed by atoms with van der Waals surface area (Å²) in [6, 6.07) is 9.20. The highest BCUT2D eigenvalue weighted by molar-refractivity contribution is 5.89.